The Morgan fingerprint density at radius 1 is 1.50 bits per heavy atom. The largest absolute Gasteiger partial charge is 0.383 e. The van der Waals surface area contributed by atoms with Gasteiger partial charge in [0.15, 0.2) is 5.11 Å². The lowest BCUT2D eigenvalue weighted by molar-refractivity contribution is 0.179. The summed E-state index contributed by atoms with van der Waals surface area (Å²) in [5.41, 5.74) is 0. The molecule has 0 saturated heterocycles. The van der Waals surface area contributed by atoms with Crippen LogP contribution in [0.2, 0.25) is 0 Å². The second-order valence-electron chi connectivity index (χ2n) is 4.33. The molecule has 0 spiro atoms. The summed E-state index contributed by atoms with van der Waals surface area (Å²) in [6.45, 7) is 4.89. The number of thiocarbonyl (C=S) groups is 1. The van der Waals surface area contributed by atoms with Gasteiger partial charge >= 0.3 is 0 Å². The van der Waals surface area contributed by atoms with Crippen LogP contribution in [0.3, 0.4) is 0 Å². The maximum absolute atomic E-state index is 5.34. The number of hydrogen-bond donors (Lipinski definition) is 2. The van der Waals surface area contributed by atoms with Crippen LogP contribution in [0, 0.1) is 0 Å². The van der Waals surface area contributed by atoms with Crippen molar-refractivity contribution in [3.63, 3.8) is 0 Å². The molecular weight excluding hydrogens is 264 g/mol. The maximum atomic E-state index is 5.34. The highest BCUT2D eigenvalue weighted by Gasteiger charge is 2.13. The van der Waals surface area contributed by atoms with Crippen molar-refractivity contribution in [2.45, 2.75) is 38.8 Å². The minimum Gasteiger partial charge on any atom is -0.383 e. The van der Waals surface area contributed by atoms with E-state index in [1.165, 1.54) is 4.88 Å². The number of thiophene rings is 1. The molecule has 102 valence electrons. The van der Waals surface area contributed by atoms with E-state index in [-0.39, 0.29) is 6.04 Å². The Morgan fingerprint density at radius 2 is 2.28 bits per heavy atom. The molecule has 2 unspecified atom stereocenters. The van der Waals surface area contributed by atoms with Crippen LogP contribution in [0.15, 0.2) is 17.5 Å². The molecule has 1 aromatic rings. The van der Waals surface area contributed by atoms with E-state index >= 15 is 0 Å². The fourth-order valence-corrected chi connectivity index (χ4v) is 2.94. The summed E-state index contributed by atoms with van der Waals surface area (Å²) in [5.74, 6) is 0. The van der Waals surface area contributed by atoms with Gasteiger partial charge in [-0.1, -0.05) is 19.4 Å². The van der Waals surface area contributed by atoms with Gasteiger partial charge in [-0.25, -0.2) is 0 Å². The lowest BCUT2D eigenvalue weighted by Crippen LogP contribution is -2.43. The van der Waals surface area contributed by atoms with Crippen molar-refractivity contribution in [3.8, 4) is 0 Å². The summed E-state index contributed by atoms with van der Waals surface area (Å²) < 4.78 is 5.08. The Kier molecular flexibility index (Phi) is 7.23. The van der Waals surface area contributed by atoms with Crippen LogP contribution in [-0.2, 0) is 4.74 Å². The fraction of sp³-hybridized carbons (Fsp3) is 0.615. The molecule has 0 aliphatic rings. The zero-order chi connectivity index (χ0) is 13.4. The molecule has 1 heterocycles. The minimum atomic E-state index is 0.223. The molecular formula is C13H22N2OS2. The summed E-state index contributed by atoms with van der Waals surface area (Å²) >= 11 is 7.10. The monoisotopic (exact) mass is 286 g/mol. The highest BCUT2D eigenvalue weighted by atomic mass is 32.1. The molecule has 0 bridgehead atoms. The highest BCUT2D eigenvalue weighted by molar-refractivity contribution is 7.80. The first-order chi connectivity index (χ1) is 8.67. The second-order valence-corrected chi connectivity index (χ2v) is 5.72. The predicted molar refractivity (Wildman–Crippen MR) is 82.2 cm³/mol. The van der Waals surface area contributed by atoms with Crippen molar-refractivity contribution in [2.75, 3.05) is 13.7 Å². The quantitative estimate of drug-likeness (QED) is 0.755. The maximum Gasteiger partial charge on any atom is 0.167 e. The highest BCUT2D eigenvalue weighted by Crippen LogP contribution is 2.22. The lowest BCUT2D eigenvalue weighted by atomic mass is 10.1. The van der Waals surface area contributed by atoms with Gasteiger partial charge in [0, 0.05) is 18.0 Å². The smallest absolute Gasteiger partial charge is 0.167 e. The third kappa shape index (κ3) is 5.33. The van der Waals surface area contributed by atoms with E-state index < -0.39 is 0 Å². The van der Waals surface area contributed by atoms with Gasteiger partial charge in [0.1, 0.15) is 0 Å². The normalized spacial score (nSPS) is 13.9. The van der Waals surface area contributed by atoms with Crippen LogP contribution in [-0.4, -0.2) is 24.9 Å². The molecule has 0 aromatic carbocycles. The molecule has 1 rings (SSSR count). The van der Waals surface area contributed by atoms with Gasteiger partial charge in [0.25, 0.3) is 0 Å². The van der Waals surface area contributed by atoms with Gasteiger partial charge in [-0.3, -0.25) is 0 Å². The van der Waals surface area contributed by atoms with E-state index in [1.807, 2.05) is 0 Å². The standard InChI is InChI=1S/C13H22N2OS2/c1-4-6-11(12-7-5-8-18-12)15-13(17)14-10(2)9-16-3/h5,7-8,10-11H,4,6,9H2,1-3H3,(H2,14,15,17). The van der Waals surface area contributed by atoms with Crippen molar-refractivity contribution in [1.82, 2.24) is 10.6 Å². The van der Waals surface area contributed by atoms with Crippen LogP contribution in [0.25, 0.3) is 0 Å². The summed E-state index contributed by atoms with van der Waals surface area (Å²) in [7, 11) is 1.69. The molecule has 0 aliphatic heterocycles. The topological polar surface area (TPSA) is 33.3 Å². The zero-order valence-electron chi connectivity index (χ0n) is 11.2. The third-order valence-electron chi connectivity index (χ3n) is 2.56. The van der Waals surface area contributed by atoms with E-state index in [2.05, 4.69) is 42.0 Å². The summed E-state index contributed by atoms with van der Waals surface area (Å²) in [5, 5.41) is 9.42. The van der Waals surface area contributed by atoms with Gasteiger partial charge in [0.2, 0.25) is 0 Å². The van der Waals surface area contributed by atoms with Gasteiger partial charge < -0.3 is 15.4 Å². The molecule has 0 amide bonds. The predicted octanol–water partition coefficient (Wildman–Crippen LogP) is 3.09. The Hall–Kier alpha value is -0.650. The number of nitrogens with one attached hydrogen (secondary N) is 2. The molecule has 0 fully saturated rings. The first kappa shape index (κ1) is 15.4. The van der Waals surface area contributed by atoms with Crippen molar-refractivity contribution in [3.05, 3.63) is 22.4 Å². The fourth-order valence-electron chi connectivity index (χ4n) is 1.78. The number of ether oxygens (including phenoxy) is 1. The Morgan fingerprint density at radius 3 is 2.83 bits per heavy atom. The Balaban J connectivity index is 2.48. The molecule has 2 N–H and O–H groups in total. The van der Waals surface area contributed by atoms with Crippen molar-refractivity contribution >= 4 is 28.7 Å². The first-order valence-corrected chi connectivity index (χ1v) is 7.55. The summed E-state index contributed by atoms with van der Waals surface area (Å²) in [6.07, 6.45) is 2.22. The molecule has 18 heavy (non-hydrogen) atoms. The number of rotatable bonds is 7. The van der Waals surface area contributed by atoms with Crippen molar-refractivity contribution in [1.29, 1.82) is 0 Å². The van der Waals surface area contributed by atoms with Gasteiger partial charge in [-0.15, -0.1) is 11.3 Å². The molecule has 0 radical (unpaired) electrons. The van der Waals surface area contributed by atoms with E-state index in [0.717, 1.165) is 12.8 Å². The molecule has 3 nitrogen and oxygen atoms in total. The van der Waals surface area contributed by atoms with Gasteiger partial charge in [-0.05, 0) is 37.0 Å². The van der Waals surface area contributed by atoms with Crippen LogP contribution in [0.5, 0.6) is 0 Å². The van der Waals surface area contributed by atoms with E-state index in [1.54, 1.807) is 18.4 Å². The second kappa shape index (κ2) is 8.45. The molecule has 5 heteroatoms. The number of hydrogen-bond acceptors (Lipinski definition) is 3. The SMILES string of the molecule is CCCC(NC(=S)NC(C)COC)c1cccs1. The molecule has 0 saturated carbocycles. The summed E-state index contributed by atoms with van der Waals surface area (Å²) in [6, 6.07) is 4.76. The Labute approximate surface area is 119 Å². The van der Waals surface area contributed by atoms with Gasteiger partial charge in [0.05, 0.1) is 12.6 Å². The molecule has 1 aromatic heterocycles. The van der Waals surface area contributed by atoms with Crippen molar-refractivity contribution < 1.29 is 4.74 Å². The van der Waals surface area contributed by atoms with Crippen LogP contribution < -0.4 is 10.6 Å². The minimum absolute atomic E-state index is 0.223. The van der Waals surface area contributed by atoms with Crippen LogP contribution in [0.1, 0.15) is 37.6 Å². The third-order valence-corrected chi connectivity index (χ3v) is 3.79. The first-order valence-electron chi connectivity index (χ1n) is 6.26. The van der Waals surface area contributed by atoms with Crippen molar-refractivity contribution in [2.24, 2.45) is 0 Å². The summed E-state index contributed by atoms with van der Waals surface area (Å²) in [4.78, 5) is 1.33. The molecule has 0 aliphatic carbocycles. The molecule has 2 atom stereocenters. The van der Waals surface area contributed by atoms with E-state index in [9.17, 15) is 0 Å². The average molecular weight is 286 g/mol. The Bertz CT molecular complexity index is 341. The van der Waals surface area contributed by atoms with Crippen LogP contribution >= 0.6 is 23.6 Å². The lowest BCUT2D eigenvalue weighted by Gasteiger charge is -2.22. The average Bonchev–Trinajstić information content (AvgIpc) is 2.81. The van der Waals surface area contributed by atoms with Gasteiger partial charge in [-0.2, -0.15) is 0 Å². The van der Waals surface area contributed by atoms with E-state index in [0.29, 0.717) is 17.8 Å². The van der Waals surface area contributed by atoms with Crippen LogP contribution in [0.4, 0.5) is 0 Å². The van der Waals surface area contributed by atoms with E-state index in [4.69, 9.17) is 17.0 Å². The zero-order valence-corrected chi connectivity index (χ0v) is 12.9. The number of methoxy groups -OCH3 is 1.